The maximum Gasteiger partial charge on any atom is 0.213 e. The number of hydrogen-bond donors (Lipinski definition) is 2. The minimum Gasteiger partial charge on any atom is -0.482 e. The molecule has 4 heteroatoms. The number of ether oxygens (including phenoxy) is 1. The first-order valence-corrected chi connectivity index (χ1v) is 9.85. The third kappa shape index (κ3) is 2.09. The predicted molar refractivity (Wildman–Crippen MR) is 96.4 cm³/mol. The van der Waals surface area contributed by atoms with Crippen LogP contribution in [0.5, 0.6) is 0 Å². The van der Waals surface area contributed by atoms with Crippen molar-refractivity contribution >= 4 is 11.7 Å². The Morgan fingerprint density at radius 2 is 1.88 bits per heavy atom. The largest absolute Gasteiger partial charge is 0.482 e. The van der Waals surface area contributed by atoms with Gasteiger partial charge in [-0.1, -0.05) is 19.4 Å². The van der Waals surface area contributed by atoms with Crippen LogP contribution in [-0.2, 0) is 9.53 Å². The molecule has 4 aliphatic carbocycles. The van der Waals surface area contributed by atoms with Crippen molar-refractivity contribution in [2.75, 3.05) is 7.11 Å². The van der Waals surface area contributed by atoms with Crippen LogP contribution >= 0.6 is 0 Å². The van der Waals surface area contributed by atoms with Gasteiger partial charge in [0.2, 0.25) is 5.90 Å². The van der Waals surface area contributed by atoms with Crippen LogP contribution in [0.2, 0.25) is 0 Å². The van der Waals surface area contributed by atoms with Crippen LogP contribution in [0.25, 0.3) is 0 Å². The van der Waals surface area contributed by atoms with Gasteiger partial charge in [0.1, 0.15) is 5.60 Å². The molecule has 4 rings (SSSR count). The highest BCUT2D eigenvalue weighted by molar-refractivity contribution is 5.91. The van der Waals surface area contributed by atoms with E-state index in [1.165, 1.54) is 12.7 Å². The number of carbonyl (C=O) groups excluding carboxylic acids is 1. The minimum absolute atomic E-state index is 0.0434. The number of ketones is 1. The van der Waals surface area contributed by atoms with Gasteiger partial charge in [0, 0.05) is 11.8 Å². The Balaban J connectivity index is 1.68. The molecule has 2 N–H and O–H groups in total. The lowest BCUT2D eigenvalue weighted by atomic mass is 9.46. The zero-order valence-electron chi connectivity index (χ0n) is 15.7. The van der Waals surface area contributed by atoms with Crippen LogP contribution in [0.1, 0.15) is 65.2 Å². The van der Waals surface area contributed by atoms with Crippen LogP contribution < -0.4 is 0 Å². The summed E-state index contributed by atoms with van der Waals surface area (Å²) in [6.45, 7) is 4.57. The van der Waals surface area contributed by atoms with Crippen molar-refractivity contribution in [1.29, 1.82) is 5.41 Å². The molecule has 0 spiro atoms. The Labute approximate surface area is 150 Å². The first-order chi connectivity index (χ1) is 11.8. The molecule has 3 fully saturated rings. The van der Waals surface area contributed by atoms with Crippen molar-refractivity contribution in [2.24, 2.45) is 28.6 Å². The number of fused-ring (bicyclic) bond motifs is 5. The Morgan fingerprint density at radius 3 is 2.60 bits per heavy atom. The summed E-state index contributed by atoms with van der Waals surface area (Å²) in [6, 6.07) is 0. The SMILES string of the molecule is COC(=N)[C@@]1(O)CC[C@H]2[C@@H]3CCC4=CC(=O)CC[C@]4(C)[C@H]3CC[C@@]21C. The van der Waals surface area contributed by atoms with Crippen molar-refractivity contribution in [2.45, 2.75) is 70.8 Å². The van der Waals surface area contributed by atoms with Gasteiger partial charge in [-0.15, -0.1) is 0 Å². The van der Waals surface area contributed by atoms with Gasteiger partial charge in [-0.25, -0.2) is 0 Å². The van der Waals surface area contributed by atoms with Gasteiger partial charge < -0.3 is 9.84 Å². The second-order valence-electron chi connectivity index (χ2n) is 9.36. The molecule has 0 aromatic carbocycles. The van der Waals surface area contributed by atoms with Crippen LogP contribution in [0.3, 0.4) is 0 Å². The lowest BCUT2D eigenvalue weighted by molar-refractivity contribution is -0.119. The summed E-state index contributed by atoms with van der Waals surface area (Å²) in [7, 11) is 1.50. The van der Waals surface area contributed by atoms with E-state index in [0.29, 0.717) is 36.4 Å². The smallest absolute Gasteiger partial charge is 0.213 e. The highest BCUT2D eigenvalue weighted by Gasteiger charge is 2.65. The number of hydrogen-bond acceptors (Lipinski definition) is 4. The molecule has 3 saturated carbocycles. The number of methoxy groups -OCH3 is 1. The fraction of sp³-hybridized carbons (Fsp3) is 0.810. The standard InChI is InChI=1S/C21H31NO3/c1-19-9-6-14(23)12-13(19)4-5-15-16(19)7-10-20(2)17(15)8-11-21(20,24)18(22)25-3/h12,15-17,22,24H,4-11H2,1-3H3/t15-,16+,17+,19+,20+,21+/m1/s1. The van der Waals surface area contributed by atoms with Gasteiger partial charge in [-0.3, -0.25) is 10.2 Å². The molecule has 0 amide bonds. The van der Waals surface area contributed by atoms with E-state index >= 15 is 0 Å². The molecular formula is C21H31NO3. The van der Waals surface area contributed by atoms with E-state index in [1.807, 2.05) is 6.08 Å². The third-order valence-electron chi connectivity index (χ3n) is 8.69. The summed E-state index contributed by atoms with van der Waals surface area (Å²) in [5, 5.41) is 19.5. The molecule has 4 nitrogen and oxygen atoms in total. The molecular weight excluding hydrogens is 314 g/mol. The third-order valence-corrected chi connectivity index (χ3v) is 8.69. The van der Waals surface area contributed by atoms with Crippen molar-refractivity contribution < 1.29 is 14.6 Å². The van der Waals surface area contributed by atoms with Crippen molar-refractivity contribution in [3.05, 3.63) is 11.6 Å². The summed E-state index contributed by atoms with van der Waals surface area (Å²) in [5.41, 5.74) is 0.167. The van der Waals surface area contributed by atoms with Gasteiger partial charge in [0.25, 0.3) is 0 Å². The van der Waals surface area contributed by atoms with Crippen LogP contribution in [-0.4, -0.2) is 29.5 Å². The van der Waals surface area contributed by atoms with Gasteiger partial charge >= 0.3 is 0 Å². The number of carbonyl (C=O) groups is 1. The summed E-state index contributed by atoms with van der Waals surface area (Å²) in [6.07, 6.45) is 9.40. The van der Waals surface area contributed by atoms with E-state index in [-0.39, 0.29) is 16.7 Å². The molecule has 0 aromatic heterocycles. The molecule has 0 aromatic rings. The van der Waals surface area contributed by atoms with E-state index in [0.717, 1.165) is 38.5 Å². The van der Waals surface area contributed by atoms with Crippen LogP contribution in [0, 0.1) is 34.0 Å². The van der Waals surface area contributed by atoms with E-state index in [9.17, 15) is 9.90 Å². The molecule has 4 aliphatic rings. The monoisotopic (exact) mass is 345 g/mol. The topological polar surface area (TPSA) is 70.4 Å². The molecule has 6 atom stereocenters. The normalized spacial score (nSPS) is 48.9. The van der Waals surface area contributed by atoms with Crippen LogP contribution in [0.4, 0.5) is 0 Å². The molecule has 25 heavy (non-hydrogen) atoms. The molecule has 0 radical (unpaired) electrons. The molecule has 0 heterocycles. The average molecular weight is 345 g/mol. The van der Waals surface area contributed by atoms with Gasteiger partial charge in [-0.05, 0) is 74.2 Å². The second kappa shape index (κ2) is 5.42. The first-order valence-electron chi connectivity index (χ1n) is 9.85. The highest BCUT2D eigenvalue weighted by Crippen LogP contribution is 2.67. The molecule has 0 aliphatic heterocycles. The fourth-order valence-corrected chi connectivity index (χ4v) is 7.12. The second-order valence-corrected chi connectivity index (χ2v) is 9.36. The van der Waals surface area contributed by atoms with Gasteiger partial charge in [-0.2, -0.15) is 0 Å². The number of nitrogens with one attached hydrogen (secondary N) is 1. The predicted octanol–water partition coefficient (Wildman–Crippen LogP) is 3.87. The maximum atomic E-state index is 11.9. The molecule has 0 saturated heterocycles. The number of rotatable bonds is 1. The van der Waals surface area contributed by atoms with E-state index < -0.39 is 5.60 Å². The van der Waals surface area contributed by atoms with Gasteiger partial charge in [0.05, 0.1) is 7.11 Å². The zero-order chi connectivity index (χ0) is 18.0. The Morgan fingerprint density at radius 1 is 1.16 bits per heavy atom. The maximum absolute atomic E-state index is 11.9. The van der Waals surface area contributed by atoms with Gasteiger partial charge in [0.15, 0.2) is 5.78 Å². The van der Waals surface area contributed by atoms with Crippen LogP contribution in [0.15, 0.2) is 11.6 Å². The highest BCUT2D eigenvalue weighted by atomic mass is 16.5. The molecule has 0 unspecified atom stereocenters. The van der Waals surface area contributed by atoms with Crippen molar-refractivity contribution in [3.8, 4) is 0 Å². The number of allylic oxidation sites excluding steroid dienone is 1. The molecule has 0 bridgehead atoms. The molecule has 138 valence electrons. The van der Waals surface area contributed by atoms with E-state index in [1.54, 1.807) is 0 Å². The summed E-state index contributed by atoms with van der Waals surface area (Å²) in [5.74, 6) is 1.99. The van der Waals surface area contributed by atoms with Crippen molar-refractivity contribution in [3.63, 3.8) is 0 Å². The van der Waals surface area contributed by atoms with E-state index in [4.69, 9.17) is 10.1 Å². The first kappa shape index (κ1) is 17.3. The summed E-state index contributed by atoms with van der Waals surface area (Å²) >= 11 is 0. The minimum atomic E-state index is -1.11. The summed E-state index contributed by atoms with van der Waals surface area (Å²) < 4.78 is 5.19. The zero-order valence-corrected chi connectivity index (χ0v) is 15.7. The van der Waals surface area contributed by atoms with E-state index in [2.05, 4.69) is 13.8 Å². The average Bonchev–Trinajstić information content (AvgIpc) is 2.87. The quantitative estimate of drug-likeness (QED) is 0.560. The lowest BCUT2D eigenvalue weighted by Gasteiger charge is -2.58. The lowest BCUT2D eigenvalue weighted by Crippen LogP contribution is -2.57. The fourth-order valence-electron chi connectivity index (χ4n) is 7.12. The Kier molecular flexibility index (Phi) is 3.74. The van der Waals surface area contributed by atoms with Crippen molar-refractivity contribution in [1.82, 2.24) is 0 Å². The Hall–Kier alpha value is -1.16. The number of aliphatic hydroxyl groups is 1. The summed E-state index contributed by atoms with van der Waals surface area (Å²) in [4.78, 5) is 11.9. The Bertz CT molecular complexity index is 656.